The van der Waals surface area contributed by atoms with Crippen LogP contribution in [0.15, 0.2) is 35.4 Å². The molecule has 0 bridgehead atoms. The van der Waals surface area contributed by atoms with Gasteiger partial charge >= 0.3 is 0 Å². The number of para-hydroxylation sites is 1. The monoisotopic (exact) mass is 262 g/mol. The molecule has 2 N–H and O–H groups in total. The molecule has 0 saturated heterocycles. The van der Waals surface area contributed by atoms with Crippen molar-refractivity contribution in [1.29, 1.82) is 0 Å². The molecule has 0 aliphatic carbocycles. The number of nitrogens with one attached hydrogen (secondary N) is 1. The van der Waals surface area contributed by atoms with Crippen molar-refractivity contribution in [2.45, 2.75) is 6.42 Å². The average molecular weight is 262 g/mol. The third kappa shape index (κ3) is 2.92. The lowest BCUT2D eigenvalue weighted by Gasteiger charge is -2.11. The van der Waals surface area contributed by atoms with Crippen molar-refractivity contribution >= 4 is 0 Å². The second kappa shape index (κ2) is 6.01. The van der Waals surface area contributed by atoms with Crippen LogP contribution in [0, 0.1) is 0 Å². The van der Waals surface area contributed by atoms with Gasteiger partial charge in [-0.1, -0.05) is 18.2 Å². The molecule has 0 amide bonds. The van der Waals surface area contributed by atoms with Gasteiger partial charge in [0, 0.05) is 6.61 Å². The van der Waals surface area contributed by atoms with Gasteiger partial charge in [-0.05, 0) is 18.1 Å². The summed E-state index contributed by atoms with van der Waals surface area (Å²) >= 11 is 0. The Bertz CT molecular complexity index is 610. The number of ether oxygens (including phenoxy) is 2. The van der Waals surface area contributed by atoms with Gasteiger partial charge in [0.05, 0.1) is 13.4 Å². The van der Waals surface area contributed by atoms with Gasteiger partial charge < -0.3 is 19.6 Å². The summed E-state index contributed by atoms with van der Waals surface area (Å²) in [7, 11) is 1.37. The van der Waals surface area contributed by atoms with E-state index in [4.69, 9.17) is 14.6 Å². The predicted molar refractivity (Wildman–Crippen MR) is 68.7 cm³/mol. The highest BCUT2D eigenvalue weighted by Crippen LogP contribution is 2.28. The van der Waals surface area contributed by atoms with Crippen LogP contribution in [0.3, 0.4) is 0 Å². The van der Waals surface area contributed by atoms with Crippen molar-refractivity contribution in [3.05, 3.63) is 46.5 Å². The number of H-pyrrole nitrogens is 1. The standard InChI is InChI=1S/C13H14N2O4/c1-18-11-12(17)14-8-15-13(11)19-10-5-3-2-4-9(10)6-7-16/h2-5,8,16H,6-7H2,1H3,(H,14,15,17). The van der Waals surface area contributed by atoms with Gasteiger partial charge in [-0.15, -0.1) is 0 Å². The first-order chi connectivity index (χ1) is 9.26. The Labute approximate surface area is 109 Å². The van der Waals surface area contributed by atoms with E-state index in [0.717, 1.165) is 5.56 Å². The normalized spacial score (nSPS) is 10.2. The number of nitrogens with zero attached hydrogens (tertiary/aromatic N) is 1. The number of aromatic nitrogens is 2. The van der Waals surface area contributed by atoms with Crippen molar-refractivity contribution in [1.82, 2.24) is 9.97 Å². The molecule has 2 aromatic rings. The maximum absolute atomic E-state index is 11.5. The fraction of sp³-hybridized carbons (Fsp3) is 0.231. The van der Waals surface area contributed by atoms with Crippen LogP contribution in [0.25, 0.3) is 0 Å². The van der Waals surface area contributed by atoms with Crippen LogP contribution < -0.4 is 15.0 Å². The number of aliphatic hydroxyl groups excluding tert-OH is 1. The molecule has 0 spiro atoms. The van der Waals surface area contributed by atoms with Gasteiger partial charge in [0.25, 0.3) is 11.4 Å². The molecule has 0 aliphatic rings. The van der Waals surface area contributed by atoms with Crippen molar-refractivity contribution in [3.63, 3.8) is 0 Å². The van der Waals surface area contributed by atoms with E-state index < -0.39 is 5.56 Å². The van der Waals surface area contributed by atoms with Crippen LogP contribution in [0.1, 0.15) is 5.56 Å². The van der Waals surface area contributed by atoms with Crippen molar-refractivity contribution in [2.75, 3.05) is 13.7 Å². The molecule has 0 aliphatic heterocycles. The maximum Gasteiger partial charge on any atom is 0.297 e. The Morgan fingerprint density at radius 3 is 2.89 bits per heavy atom. The summed E-state index contributed by atoms with van der Waals surface area (Å²) in [5.41, 5.74) is 0.418. The van der Waals surface area contributed by atoms with Crippen LogP contribution in [0.5, 0.6) is 17.4 Å². The molecule has 0 saturated carbocycles. The lowest BCUT2D eigenvalue weighted by Crippen LogP contribution is -2.11. The summed E-state index contributed by atoms with van der Waals surface area (Å²) in [4.78, 5) is 17.9. The highest BCUT2D eigenvalue weighted by Gasteiger charge is 2.13. The van der Waals surface area contributed by atoms with Gasteiger partial charge in [-0.3, -0.25) is 4.79 Å². The Balaban J connectivity index is 2.36. The van der Waals surface area contributed by atoms with Crippen molar-refractivity contribution in [3.8, 4) is 17.4 Å². The molecule has 0 atom stereocenters. The van der Waals surface area contributed by atoms with Crippen molar-refractivity contribution in [2.24, 2.45) is 0 Å². The van der Waals surface area contributed by atoms with E-state index in [9.17, 15) is 4.79 Å². The largest absolute Gasteiger partial charge is 0.487 e. The Morgan fingerprint density at radius 1 is 1.37 bits per heavy atom. The minimum atomic E-state index is -0.410. The quantitative estimate of drug-likeness (QED) is 0.843. The fourth-order valence-electron chi connectivity index (χ4n) is 1.66. The van der Waals surface area contributed by atoms with E-state index >= 15 is 0 Å². The van der Waals surface area contributed by atoms with Crippen LogP contribution in [0.2, 0.25) is 0 Å². The summed E-state index contributed by atoms with van der Waals surface area (Å²) in [6.07, 6.45) is 1.70. The minimum Gasteiger partial charge on any atom is -0.487 e. The maximum atomic E-state index is 11.5. The first kappa shape index (κ1) is 13.1. The highest BCUT2D eigenvalue weighted by molar-refractivity contribution is 5.39. The van der Waals surface area contributed by atoms with Gasteiger partial charge in [0.2, 0.25) is 5.75 Å². The highest BCUT2D eigenvalue weighted by atomic mass is 16.5. The summed E-state index contributed by atoms with van der Waals surface area (Å²) < 4.78 is 10.6. The smallest absolute Gasteiger partial charge is 0.297 e. The second-order valence-corrected chi connectivity index (χ2v) is 3.75. The Morgan fingerprint density at radius 2 is 2.16 bits per heavy atom. The molecule has 1 aromatic heterocycles. The van der Waals surface area contributed by atoms with Gasteiger partial charge in [-0.25, -0.2) is 4.98 Å². The van der Waals surface area contributed by atoms with Gasteiger partial charge in [0.15, 0.2) is 0 Å². The summed E-state index contributed by atoms with van der Waals surface area (Å²) in [6.45, 7) is 0.0142. The molecule has 1 aromatic carbocycles. The number of aromatic amines is 1. The molecule has 1 heterocycles. The molecular weight excluding hydrogens is 248 g/mol. The Hall–Kier alpha value is -2.34. The third-order valence-corrected chi connectivity index (χ3v) is 2.54. The summed E-state index contributed by atoms with van der Waals surface area (Å²) in [6, 6.07) is 7.23. The number of benzene rings is 1. The van der Waals surface area contributed by atoms with Crippen LogP contribution in [0.4, 0.5) is 0 Å². The van der Waals surface area contributed by atoms with Gasteiger partial charge in [-0.2, -0.15) is 0 Å². The Kier molecular flexibility index (Phi) is 4.15. The number of rotatable bonds is 5. The predicted octanol–water partition coefficient (Wildman–Crippen LogP) is 1.11. The second-order valence-electron chi connectivity index (χ2n) is 3.75. The molecule has 2 rings (SSSR count). The van der Waals surface area contributed by atoms with Crippen LogP contribution >= 0.6 is 0 Å². The SMILES string of the molecule is COc1c(Oc2ccccc2CCO)nc[nH]c1=O. The minimum absolute atomic E-state index is 0.0142. The first-order valence-corrected chi connectivity index (χ1v) is 5.74. The molecular formula is C13H14N2O4. The van der Waals surface area contributed by atoms with E-state index in [-0.39, 0.29) is 18.2 Å². The first-order valence-electron chi connectivity index (χ1n) is 5.74. The third-order valence-electron chi connectivity index (χ3n) is 2.54. The molecule has 0 radical (unpaired) electrons. The number of hydrogen-bond donors (Lipinski definition) is 2. The lowest BCUT2D eigenvalue weighted by molar-refractivity contribution is 0.297. The molecule has 0 fully saturated rings. The summed E-state index contributed by atoms with van der Waals surface area (Å²) in [5, 5.41) is 9.00. The fourth-order valence-corrected chi connectivity index (χ4v) is 1.66. The molecule has 19 heavy (non-hydrogen) atoms. The topological polar surface area (TPSA) is 84.4 Å². The molecule has 6 heteroatoms. The zero-order chi connectivity index (χ0) is 13.7. The lowest BCUT2D eigenvalue weighted by atomic mass is 10.1. The van der Waals surface area contributed by atoms with E-state index in [2.05, 4.69) is 9.97 Å². The van der Waals surface area contributed by atoms with Crippen molar-refractivity contribution < 1.29 is 14.6 Å². The average Bonchev–Trinajstić information content (AvgIpc) is 2.41. The molecule has 6 nitrogen and oxygen atoms in total. The zero-order valence-electron chi connectivity index (χ0n) is 10.4. The number of methoxy groups -OCH3 is 1. The van der Waals surface area contributed by atoms with Crippen LogP contribution in [-0.2, 0) is 6.42 Å². The number of aliphatic hydroxyl groups is 1. The molecule has 0 unspecified atom stereocenters. The number of hydrogen-bond acceptors (Lipinski definition) is 5. The molecule has 100 valence electrons. The van der Waals surface area contributed by atoms with Crippen LogP contribution in [-0.4, -0.2) is 28.8 Å². The van der Waals surface area contributed by atoms with Gasteiger partial charge in [0.1, 0.15) is 5.75 Å². The summed E-state index contributed by atoms with van der Waals surface area (Å²) in [5.74, 6) is 0.644. The van der Waals surface area contributed by atoms with E-state index in [1.807, 2.05) is 12.1 Å². The zero-order valence-corrected chi connectivity index (χ0v) is 10.4. The van der Waals surface area contributed by atoms with E-state index in [1.54, 1.807) is 12.1 Å². The van der Waals surface area contributed by atoms with E-state index in [1.165, 1.54) is 13.4 Å². The van der Waals surface area contributed by atoms with E-state index in [0.29, 0.717) is 12.2 Å².